The summed E-state index contributed by atoms with van der Waals surface area (Å²) in [6.07, 6.45) is 8.41. The minimum absolute atomic E-state index is 0.346. The Morgan fingerprint density at radius 2 is 1.73 bits per heavy atom. The predicted molar refractivity (Wildman–Crippen MR) is 198 cm³/mol. The SMILES string of the molecule is CCc1cc(Nc2ncc(Cl)c(Nc3ccc(-c4nccn4C)cc3P(C)(C)=O)n2)c(OC)cc1N1CCC(N2CCN(C)CC2)CC1. The number of methoxy groups -OCH3 is 1. The van der Waals surface area contributed by atoms with Crippen molar-refractivity contribution in [3.05, 3.63) is 59.5 Å². The van der Waals surface area contributed by atoms with Crippen LogP contribution in [-0.4, -0.2) is 102 Å². The molecule has 2 fully saturated rings. The maximum absolute atomic E-state index is 13.4. The van der Waals surface area contributed by atoms with Gasteiger partial charge in [-0.25, -0.2) is 9.97 Å². The summed E-state index contributed by atoms with van der Waals surface area (Å²) in [7, 11) is 3.14. The predicted octanol–water partition coefficient (Wildman–Crippen LogP) is 6.05. The van der Waals surface area contributed by atoms with Gasteiger partial charge in [0.05, 0.1) is 24.7 Å². The molecule has 2 aromatic carbocycles. The van der Waals surface area contributed by atoms with Crippen molar-refractivity contribution in [2.45, 2.75) is 32.2 Å². The summed E-state index contributed by atoms with van der Waals surface area (Å²) >= 11 is 6.60. The van der Waals surface area contributed by atoms with Gasteiger partial charge in [-0.05, 0) is 69.5 Å². The van der Waals surface area contributed by atoms with Crippen LogP contribution in [0.1, 0.15) is 25.3 Å². The van der Waals surface area contributed by atoms with E-state index in [1.54, 1.807) is 32.8 Å². The number of aromatic nitrogens is 4. The van der Waals surface area contributed by atoms with Crippen molar-refractivity contribution in [3.8, 4) is 17.1 Å². The number of piperazine rings is 1. The third-order valence-corrected chi connectivity index (χ3v) is 11.3. The lowest BCUT2D eigenvalue weighted by Gasteiger charge is -2.43. The minimum atomic E-state index is -2.69. The van der Waals surface area contributed by atoms with E-state index in [2.05, 4.69) is 61.4 Å². The lowest BCUT2D eigenvalue weighted by atomic mass is 9.99. The lowest BCUT2D eigenvalue weighted by Crippen LogP contribution is -2.52. The maximum Gasteiger partial charge on any atom is 0.229 e. The molecule has 0 saturated carbocycles. The highest BCUT2D eigenvalue weighted by molar-refractivity contribution is 7.70. The molecule has 2 aliphatic rings. The number of hydrogen-bond donors (Lipinski definition) is 2. The second-order valence-electron chi connectivity index (χ2n) is 13.2. The van der Waals surface area contributed by atoms with Crippen LogP contribution < -0.4 is 25.6 Å². The molecular weight excluding hydrogens is 645 g/mol. The summed E-state index contributed by atoms with van der Waals surface area (Å²) < 4.78 is 21.3. The van der Waals surface area contributed by atoms with Crippen LogP contribution in [-0.2, 0) is 18.0 Å². The van der Waals surface area contributed by atoms with Gasteiger partial charge in [0, 0.05) is 87.4 Å². The van der Waals surface area contributed by atoms with E-state index in [1.165, 1.54) is 24.1 Å². The van der Waals surface area contributed by atoms with Crippen LogP contribution in [0.4, 0.5) is 28.8 Å². The molecule has 2 aliphatic heterocycles. The average molecular weight is 692 g/mol. The first kappa shape index (κ1) is 34.2. The summed E-state index contributed by atoms with van der Waals surface area (Å²) in [6.45, 7) is 12.4. The van der Waals surface area contributed by atoms with Crippen molar-refractivity contribution >= 4 is 52.9 Å². The van der Waals surface area contributed by atoms with Gasteiger partial charge >= 0.3 is 0 Å². The molecule has 0 spiro atoms. The van der Waals surface area contributed by atoms with Crippen LogP contribution in [0, 0.1) is 0 Å². The highest BCUT2D eigenvalue weighted by Crippen LogP contribution is 2.41. The third-order valence-electron chi connectivity index (χ3n) is 9.54. The van der Waals surface area contributed by atoms with Crippen molar-refractivity contribution in [1.82, 2.24) is 29.3 Å². The second-order valence-corrected chi connectivity index (χ2v) is 16.8. The van der Waals surface area contributed by atoms with Gasteiger partial charge in [0.2, 0.25) is 5.95 Å². The Bertz CT molecular complexity index is 1790. The van der Waals surface area contributed by atoms with E-state index in [0.717, 1.165) is 68.5 Å². The van der Waals surface area contributed by atoms with E-state index < -0.39 is 7.14 Å². The Labute approximate surface area is 289 Å². The first-order valence-electron chi connectivity index (χ1n) is 16.7. The number of halogens is 1. The van der Waals surface area contributed by atoms with Crippen LogP contribution in [0.25, 0.3) is 11.4 Å². The number of ether oxygens (including phenoxy) is 1. The zero-order chi connectivity index (χ0) is 34.0. The molecule has 0 aliphatic carbocycles. The number of anilines is 5. The van der Waals surface area contributed by atoms with Crippen LogP contribution in [0.5, 0.6) is 5.75 Å². The monoisotopic (exact) mass is 691 g/mol. The van der Waals surface area contributed by atoms with Gasteiger partial charge in [0.1, 0.15) is 23.7 Å². The molecule has 0 atom stereocenters. The molecule has 6 rings (SSSR count). The van der Waals surface area contributed by atoms with Crippen LogP contribution in [0.3, 0.4) is 0 Å². The topological polar surface area (TPSA) is 104 Å². The number of benzene rings is 2. The molecule has 2 aromatic heterocycles. The highest BCUT2D eigenvalue weighted by atomic mass is 35.5. The van der Waals surface area contributed by atoms with Gasteiger partial charge in [-0.2, -0.15) is 4.98 Å². The van der Waals surface area contributed by atoms with Gasteiger partial charge in [-0.3, -0.25) is 4.90 Å². The number of piperidine rings is 1. The van der Waals surface area contributed by atoms with Crippen molar-refractivity contribution in [1.29, 1.82) is 0 Å². The molecule has 2 N–H and O–H groups in total. The quantitative estimate of drug-likeness (QED) is 0.191. The summed E-state index contributed by atoms with van der Waals surface area (Å²) in [5, 5.41) is 7.73. The molecule has 0 unspecified atom stereocenters. The summed E-state index contributed by atoms with van der Waals surface area (Å²) in [4.78, 5) is 21.3. The molecule has 48 heavy (non-hydrogen) atoms. The third kappa shape index (κ3) is 7.49. The Balaban J connectivity index is 1.21. The fourth-order valence-corrected chi connectivity index (χ4v) is 8.04. The molecule has 4 heterocycles. The van der Waals surface area contributed by atoms with E-state index in [1.807, 2.05) is 36.0 Å². The van der Waals surface area contributed by atoms with E-state index in [0.29, 0.717) is 33.8 Å². The molecule has 13 heteroatoms. The lowest BCUT2D eigenvalue weighted by molar-refractivity contribution is 0.0982. The molecule has 4 aromatic rings. The largest absolute Gasteiger partial charge is 0.494 e. The summed E-state index contributed by atoms with van der Waals surface area (Å²) in [5.74, 6) is 2.29. The van der Waals surface area contributed by atoms with Crippen LogP contribution in [0.2, 0.25) is 5.02 Å². The molecule has 0 radical (unpaired) electrons. The van der Waals surface area contributed by atoms with Gasteiger partial charge in [0.15, 0.2) is 5.82 Å². The molecule has 0 bridgehead atoms. The summed E-state index contributed by atoms with van der Waals surface area (Å²) in [5.41, 5.74) is 4.79. The minimum Gasteiger partial charge on any atom is -0.494 e. The molecule has 2 saturated heterocycles. The van der Waals surface area contributed by atoms with E-state index in [-0.39, 0.29) is 0 Å². The Kier molecular flexibility index (Phi) is 10.3. The zero-order valence-electron chi connectivity index (χ0n) is 28.8. The molecule has 11 nitrogen and oxygen atoms in total. The first-order valence-corrected chi connectivity index (χ1v) is 19.6. The fourth-order valence-electron chi connectivity index (χ4n) is 6.75. The van der Waals surface area contributed by atoms with Crippen molar-refractivity contribution in [3.63, 3.8) is 0 Å². The number of likely N-dealkylation sites (N-methyl/N-ethyl adjacent to an activating group) is 1. The number of rotatable bonds is 10. The number of nitrogens with one attached hydrogen (secondary N) is 2. The smallest absolute Gasteiger partial charge is 0.229 e. The summed E-state index contributed by atoms with van der Waals surface area (Å²) in [6, 6.07) is 10.7. The van der Waals surface area contributed by atoms with Crippen LogP contribution in [0.15, 0.2) is 48.9 Å². The number of aryl methyl sites for hydroxylation is 2. The zero-order valence-corrected chi connectivity index (χ0v) is 30.5. The van der Waals surface area contributed by atoms with E-state index in [4.69, 9.17) is 21.3 Å². The highest BCUT2D eigenvalue weighted by Gasteiger charge is 2.28. The first-order chi connectivity index (χ1) is 23.0. The Hall–Kier alpha value is -3.63. The van der Waals surface area contributed by atoms with E-state index >= 15 is 0 Å². The van der Waals surface area contributed by atoms with Crippen molar-refractivity contribution in [2.75, 3.05) is 82.3 Å². The number of nitrogens with zero attached hydrogens (tertiary/aromatic N) is 7. The fraction of sp³-hybridized carbons (Fsp3) is 0.457. The van der Waals surface area contributed by atoms with Crippen molar-refractivity contribution in [2.24, 2.45) is 7.05 Å². The number of hydrogen-bond acceptors (Lipinski definition) is 10. The van der Waals surface area contributed by atoms with Crippen molar-refractivity contribution < 1.29 is 9.30 Å². The van der Waals surface area contributed by atoms with Gasteiger partial charge in [-0.15, -0.1) is 0 Å². The molecular formula is C35H47ClN9O2P. The average Bonchev–Trinajstić information content (AvgIpc) is 3.51. The Morgan fingerprint density at radius 1 is 0.979 bits per heavy atom. The maximum atomic E-state index is 13.4. The standard InChI is InChI=1S/C35H47ClN9O2P/c1-7-24-20-29(31(47-4)22-30(24)45-13-10-26(11-14-45)44-18-16-42(2)17-19-44)40-35-38-23-27(36)33(41-35)39-28-9-8-25(21-32(28)48(5,6)46)34-37-12-15-43(34)3/h8-9,12,15,20-23,26H,7,10-11,13-14,16-19H2,1-6H3,(H2,38,39,40,41). The van der Waals surface area contributed by atoms with E-state index in [9.17, 15) is 4.57 Å². The van der Waals surface area contributed by atoms with Crippen LogP contribution >= 0.6 is 18.7 Å². The van der Waals surface area contributed by atoms with Gasteiger partial charge < -0.3 is 34.3 Å². The second kappa shape index (κ2) is 14.5. The van der Waals surface area contributed by atoms with Gasteiger partial charge in [-0.1, -0.05) is 18.5 Å². The number of imidazole rings is 1. The normalized spacial score (nSPS) is 16.7. The Morgan fingerprint density at radius 3 is 2.38 bits per heavy atom. The van der Waals surface area contributed by atoms with Gasteiger partial charge in [0.25, 0.3) is 0 Å². The molecule has 0 amide bonds. The molecule has 256 valence electrons.